The van der Waals surface area contributed by atoms with E-state index in [1.165, 1.54) is 12.1 Å². The second kappa shape index (κ2) is 6.26. The molecule has 0 atom stereocenters. The van der Waals surface area contributed by atoms with Crippen LogP contribution in [-0.2, 0) is 12.6 Å². The van der Waals surface area contributed by atoms with Gasteiger partial charge in [0.15, 0.2) is 0 Å². The van der Waals surface area contributed by atoms with Crippen molar-refractivity contribution in [3.63, 3.8) is 0 Å². The summed E-state index contributed by atoms with van der Waals surface area (Å²) in [6, 6.07) is 7.23. The first-order valence-corrected chi connectivity index (χ1v) is 5.24. The van der Waals surface area contributed by atoms with E-state index in [2.05, 4.69) is 0 Å². The van der Waals surface area contributed by atoms with Crippen molar-refractivity contribution in [3.05, 3.63) is 57.9 Å². The molecule has 2 aromatic rings. The molecule has 0 radical (unpaired) electrons. The molecule has 1 aromatic carbocycles. The first-order chi connectivity index (χ1) is 8.56. The van der Waals surface area contributed by atoms with Crippen LogP contribution in [0.5, 0.6) is 0 Å². The van der Waals surface area contributed by atoms with Crippen molar-refractivity contribution in [1.82, 2.24) is 4.57 Å². The third kappa shape index (κ3) is 2.85. The van der Waals surface area contributed by atoms with E-state index in [0.717, 1.165) is 18.2 Å². The molecular weight excluding hydrogens is 281 g/mol. The van der Waals surface area contributed by atoms with Crippen LogP contribution in [0.3, 0.4) is 0 Å². The molecule has 0 aliphatic rings. The number of benzene rings is 1. The Morgan fingerprint density at radius 3 is 2.26 bits per heavy atom. The average Bonchev–Trinajstić information content (AvgIpc) is 2.33. The van der Waals surface area contributed by atoms with Crippen molar-refractivity contribution >= 4 is 12.6 Å². The van der Waals surface area contributed by atoms with Gasteiger partial charge in [0.2, 0.25) is 0 Å². The van der Waals surface area contributed by atoms with Gasteiger partial charge >= 0.3 is 29.6 Å². The van der Waals surface area contributed by atoms with Crippen LogP contribution < -0.4 is 35.1 Å². The van der Waals surface area contributed by atoms with Gasteiger partial charge < -0.3 is 12.6 Å². The molecule has 0 N–H and O–H groups in total. The summed E-state index contributed by atoms with van der Waals surface area (Å²) in [6.45, 7) is 0. The Morgan fingerprint density at radius 1 is 1.16 bits per heavy atom. The normalized spacial score (nSPS) is 9.53. The number of nitriles is 1. The van der Waals surface area contributed by atoms with E-state index in [4.69, 9.17) is 17.9 Å². The molecule has 90 valence electrons. The summed E-state index contributed by atoms with van der Waals surface area (Å²) in [6.07, 6.45) is 0. The van der Waals surface area contributed by atoms with Gasteiger partial charge in [-0.3, -0.25) is 9.36 Å². The van der Waals surface area contributed by atoms with E-state index in [0.29, 0.717) is 4.57 Å². The second-order valence-corrected chi connectivity index (χ2v) is 3.79. The van der Waals surface area contributed by atoms with Gasteiger partial charge in [0.05, 0.1) is 6.07 Å². The number of rotatable bonds is 1. The standard InChI is InChI=1S/C12H6F2N2OS.Na/c13-8-2-1-3-9(14)11(8)16-10(17)5-4-7(6-15)12(16)18;/h1-5,18H;/q;+1/p-1. The predicted octanol–water partition coefficient (Wildman–Crippen LogP) is -1.10. The molecule has 0 aliphatic carbocycles. The topological polar surface area (TPSA) is 45.8 Å². The molecular formula is C12H5F2N2NaOS. The molecule has 0 fully saturated rings. The monoisotopic (exact) mass is 286 g/mol. The van der Waals surface area contributed by atoms with Crippen LogP contribution in [0.1, 0.15) is 5.56 Å². The van der Waals surface area contributed by atoms with Crippen LogP contribution in [-0.4, -0.2) is 4.57 Å². The zero-order valence-electron chi connectivity index (χ0n) is 9.85. The summed E-state index contributed by atoms with van der Waals surface area (Å²) in [5.74, 6) is -1.84. The first kappa shape index (κ1) is 15.8. The van der Waals surface area contributed by atoms with E-state index in [1.807, 2.05) is 0 Å². The van der Waals surface area contributed by atoms with E-state index < -0.39 is 22.9 Å². The maximum atomic E-state index is 13.6. The number of hydrogen-bond acceptors (Lipinski definition) is 3. The molecule has 3 nitrogen and oxygen atoms in total. The van der Waals surface area contributed by atoms with Crippen molar-refractivity contribution in [3.8, 4) is 11.8 Å². The minimum atomic E-state index is -0.918. The summed E-state index contributed by atoms with van der Waals surface area (Å²) in [5.41, 5.74) is -1.25. The number of para-hydroxylation sites is 1. The Bertz CT molecular complexity index is 704. The van der Waals surface area contributed by atoms with Crippen LogP contribution in [0.2, 0.25) is 0 Å². The Hall–Kier alpha value is -1.26. The Morgan fingerprint density at radius 2 is 1.74 bits per heavy atom. The van der Waals surface area contributed by atoms with Crippen LogP contribution in [0.15, 0.2) is 40.2 Å². The second-order valence-electron chi connectivity index (χ2n) is 3.41. The quantitative estimate of drug-likeness (QED) is 0.494. The third-order valence-corrected chi connectivity index (χ3v) is 2.73. The van der Waals surface area contributed by atoms with Crippen LogP contribution >= 0.6 is 0 Å². The number of pyridine rings is 1. The maximum absolute atomic E-state index is 13.6. The maximum Gasteiger partial charge on any atom is 1.00 e. The summed E-state index contributed by atoms with van der Waals surface area (Å²) >= 11 is 4.89. The molecule has 0 aliphatic heterocycles. The predicted molar refractivity (Wildman–Crippen MR) is 62.3 cm³/mol. The number of hydrogen-bond donors (Lipinski definition) is 0. The molecule has 0 bridgehead atoms. The largest absolute Gasteiger partial charge is 1.00 e. The minimum Gasteiger partial charge on any atom is -0.760 e. The van der Waals surface area contributed by atoms with Crippen LogP contribution in [0.4, 0.5) is 8.78 Å². The Kier molecular flexibility index (Phi) is 5.20. The average molecular weight is 286 g/mol. The van der Waals surface area contributed by atoms with Gasteiger partial charge in [-0.2, -0.15) is 5.26 Å². The zero-order valence-corrected chi connectivity index (χ0v) is 12.7. The van der Waals surface area contributed by atoms with Gasteiger partial charge in [0.25, 0.3) is 5.56 Å². The first-order valence-electron chi connectivity index (χ1n) is 4.84. The smallest absolute Gasteiger partial charge is 0.760 e. The molecule has 0 saturated heterocycles. The molecule has 7 heteroatoms. The molecule has 1 aromatic heterocycles. The summed E-state index contributed by atoms with van der Waals surface area (Å²) in [5, 5.41) is 8.59. The van der Waals surface area contributed by atoms with Gasteiger partial charge in [0, 0.05) is 11.6 Å². The molecule has 2 rings (SSSR count). The van der Waals surface area contributed by atoms with Crippen molar-refractivity contribution in [2.45, 2.75) is 5.03 Å². The summed E-state index contributed by atoms with van der Waals surface area (Å²) in [4.78, 5) is 11.7. The van der Waals surface area contributed by atoms with Crippen molar-refractivity contribution in [2.24, 2.45) is 0 Å². The fraction of sp³-hybridized carbons (Fsp3) is 0. The number of aromatic nitrogens is 1. The third-order valence-electron chi connectivity index (χ3n) is 2.33. The summed E-state index contributed by atoms with van der Waals surface area (Å²) in [7, 11) is 0. The van der Waals surface area contributed by atoms with E-state index in [1.54, 1.807) is 6.07 Å². The van der Waals surface area contributed by atoms with Crippen molar-refractivity contribution in [1.29, 1.82) is 5.26 Å². The Labute approximate surface area is 135 Å². The van der Waals surface area contributed by atoms with Crippen LogP contribution in [0, 0.1) is 23.0 Å². The van der Waals surface area contributed by atoms with Crippen LogP contribution in [0.25, 0.3) is 5.69 Å². The van der Waals surface area contributed by atoms with Gasteiger partial charge in [0.1, 0.15) is 17.3 Å². The van der Waals surface area contributed by atoms with Gasteiger partial charge in [-0.1, -0.05) is 11.1 Å². The molecule has 0 unspecified atom stereocenters. The SMILES string of the molecule is N#Cc1ccc(=O)n(-c2c(F)cccc2F)c1[S-].[Na+]. The molecule has 1 heterocycles. The summed E-state index contributed by atoms with van der Waals surface area (Å²) < 4.78 is 27.9. The fourth-order valence-electron chi connectivity index (χ4n) is 1.52. The van der Waals surface area contributed by atoms with E-state index in [9.17, 15) is 13.6 Å². The minimum absolute atomic E-state index is 0. The number of nitrogens with zero attached hydrogens (tertiary/aromatic N) is 2. The van der Waals surface area contributed by atoms with Crippen molar-refractivity contribution in [2.75, 3.05) is 0 Å². The molecule has 19 heavy (non-hydrogen) atoms. The zero-order chi connectivity index (χ0) is 13.3. The van der Waals surface area contributed by atoms with Gasteiger partial charge in [-0.25, -0.2) is 8.78 Å². The van der Waals surface area contributed by atoms with Gasteiger partial charge in [-0.05, 0) is 18.2 Å². The Balaban J connectivity index is 0.00000180. The van der Waals surface area contributed by atoms with E-state index in [-0.39, 0.29) is 40.1 Å². The molecule has 0 spiro atoms. The van der Waals surface area contributed by atoms with Crippen molar-refractivity contribution < 1.29 is 38.3 Å². The van der Waals surface area contributed by atoms with E-state index >= 15 is 0 Å². The number of halogens is 2. The molecule has 0 saturated carbocycles. The fourth-order valence-corrected chi connectivity index (χ4v) is 1.82. The molecule has 0 amide bonds. The van der Waals surface area contributed by atoms with Gasteiger partial charge in [-0.15, -0.1) is 0 Å².